The lowest BCUT2D eigenvalue weighted by Gasteiger charge is -2.11. The maximum atomic E-state index is 4.61. The van der Waals surface area contributed by atoms with Crippen molar-refractivity contribution in [3.63, 3.8) is 0 Å². The Morgan fingerprint density at radius 2 is 1.70 bits per heavy atom. The lowest BCUT2D eigenvalue weighted by molar-refractivity contribution is 0.373. The van der Waals surface area contributed by atoms with E-state index in [0.717, 1.165) is 57.8 Å². The Balaban J connectivity index is 1.41. The zero-order chi connectivity index (χ0) is 22.6. The SMILES string of the molecule is CN(C)CCn1cc(-c2ccc3c(Nc4ccnc(-c5ccccc5)c4)ccnc3c2)cn1. The van der Waals surface area contributed by atoms with Crippen molar-refractivity contribution in [2.24, 2.45) is 0 Å². The minimum atomic E-state index is 0.865. The summed E-state index contributed by atoms with van der Waals surface area (Å²) in [7, 11) is 4.14. The first-order valence-corrected chi connectivity index (χ1v) is 11.0. The summed E-state index contributed by atoms with van der Waals surface area (Å²) in [5.41, 5.74) is 7.18. The molecule has 0 unspecified atom stereocenters. The summed E-state index contributed by atoms with van der Waals surface area (Å²) in [6.07, 6.45) is 7.68. The summed E-state index contributed by atoms with van der Waals surface area (Å²) in [4.78, 5) is 11.3. The van der Waals surface area contributed by atoms with Gasteiger partial charge >= 0.3 is 0 Å². The van der Waals surface area contributed by atoms with Crippen molar-refractivity contribution in [1.29, 1.82) is 0 Å². The molecule has 0 saturated heterocycles. The molecule has 164 valence electrons. The van der Waals surface area contributed by atoms with Crippen LogP contribution in [-0.2, 0) is 6.54 Å². The van der Waals surface area contributed by atoms with Gasteiger partial charge in [0.25, 0.3) is 0 Å². The number of anilines is 2. The van der Waals surface area contributed by atoms with Crippen molar-refractivity contribution in [3.8, 4) is 22.4 Å². The second kappa shape index (κ2) is 9.22. The summed E-state index contributed by atoms with van der Waals surface area (Å²) < 4.78 is 1.98. The average Bonchev–Trinajstić information content (AvgIpc) is 3.33. The standard InChI is InChI=1S/C27H26N6/c1-32(2)14-15-33-19-22(18-30-33)21-8-9-24-25(11-13-29-27(24)16-21)31-23-10-12-28-26(17-23)20-6-4-3-5-7-20/h3-13,16-19H,14-15H2,1-2H3,(H,28,29,31). The van der Waals surface area contributed by atoms with Gasteiger partial charge in [0, 0.05) is 53.0 Å². The van der Waals surface area contributed by atoms with E-state index in [1.807, 2.05) is 53.6 Å². The molecule has 3 heterocycles. The quantitative estimate of drug-likeness (QED) is 0.368. The molecule has 5 rings (SSSR count). The molecular weight excluding hydrogens is 408 g/mol. The van der Waals surface area contributed by atoms with E-state index in [2.05, 4.69) is 82.0 Å². The third-order valence-corrected chi connectivity index (χ3v) is 5.59. The molecule has 1 N–H and O–H groups in total. The molecule has 5 aromatic rings. The molecule has 0 radical (unpaired) electrons. The zero-order valence-electron chi connectivity index (χ0n) is 18.8. The summed E-state index contributed by atoms with van der Waals surface area (Å²) in [5, 5.41) is 9.12. The van der Waals surface area contributed by atoms with Crippen LogP contribution in [-0.4, -0.2) is 45.3 Å². The average molecular weight is 435 g/mol. The van der Waals surface area contributed by atoms with Crippen LogP contribution in [0.25, 0.3) is 33.3 Å². The molecule has 0 atom stereocenters. The zero-order valence-corrected chi connectivity index (χ0v) is 18.8. The number of benzene rings is 2. The maximum absolute atomic E-state index is 4.61. The van der Waals surface area contributed by atoms with Crippen LogP contribution >= 0.6 is 0 Å². The fourth-order valence-corrected chi connectivity index (χ4v) is 3.80. The molecule has 0 bridgehead atoms. The molecule has 0 fully saturated rings. The van der Waals surface area contributed by atoms with E-state index in [9.17, 15) is 0 Å². The van der Waals surface area contributed by atoms with E-state index < -0.39 is 0 Å². The van der Waals surface area contributed by atoms with Gasteiger partial charge in [-0.1, -0.05) is 42.5 Å². The number of hydrogen-bond acceptors (Lipinski definition) is 5. The van der Waals surface area contributed by atoms with Crippen LogP contribution in [0, 0.1) is 0 Å². The number of fused-ring (bicyclic) bond motifs is 1. The molecular formula is C27H26N6. The van der Waals surface area contributed by atoms with Gasteiger partial charge in [-0.2, -0.15) is 5.10 Å². The van der Waals surface area contributed by atoms with E-state index in [1.54, 1.807) is 0 Å². The lowest BCUT2D eigenvalue weighted by atomic mass is 10.1. The number of nitrogens with zero attached hydrogens (tertiary/aromatic N) is 5. The highest BCUT2D eigenvalue weighted by Gasteiger charge is 2.08. The predicted molar refractivity (Wildman–Crippen MR) is 134 cm³/mol. The number of rotatable bonds is 7. The largest absolute Gasteiger partial charge is 0.355 e. The van der Waals surface area contributed by atoms with Crippen LogP contribution in [0.4, 0.5) is 11.4 Å². The van der Waals surface area contributed by atoms with Gasteiger partial charge in [0.2, 0.25) is 0 Å². The predicted octanol–water partition coefficient (Wildman–Crippen LogP) is 5.47. The lowest BCUT2D eigenvalue weighted by Crippen LogP contribution is -2.18. The van der Waals surface area contributed by atoms with Crippen molar-refractivity contribution in [2.45, 2.75) is 6.54 Å². The van der Waals surface area contributed by atoms with Gasteiger partial charge in [0.05, 0.1) is 24.0 Å². The summed E-state index contributed by atoms with van der Waals surface area (Å²) in [5.74, 6) is 0. The Hall–Kier alpha value is -4.03. The third-order valence-electron chi connectivity index (χ3n) is 5.59. The van der Waals surface area contributed by atoms with Crippen LogP contribution < -0.4 is 5.32 Å². The molecule has 0 aliphatic heterocycles. The molecule has 0 spiro atoms. The molecule has 0 aliphatic rings. The Morgan fingerprint density at radius 1 is 0.848 bits per heavy atom. The van der Waals surface area contributed by atoms with Crippen LogP contribution in [0.2, 0.25) is 0 Å². The first-order valence-electron chi connectivity index (χ1n) is 11.0. The fourth-order valence-electron chi connectivity index (χ4n) is 3.80. The Labute approximate surface area is 193 Å². The second-order valence-electron chi connectivity index (χ2n) is 8.31. The fraction of sp³-hybridized carbons (Fsp3) is 0.148. The molecule has 6 nitrogen and oxygen atoms in total. The van der Waals surface area contributed by atoms with E-state index in [1.165, 1.54) is 0 Å². The number of likely N-dealkylation sites (N-methyl/N-ethyl adjacent to an activating group) is 1. The van der Waals surface area contributed by atoms with Gasteiger partial charge in [-0.25, -0.2) is 0 Å². The molecule has 2 aromatic carbocycles. The number of pyridine rings is 2. The molecule has 0 saturated carbocycles. The van der Waals surface area contributed by atoms with E-state index in [4.69, 9.17) is 0 Å². The number of nitrogens with one attached hydrogen (secondary N) is 1. The molecule has 6 heteroatoms. The highest BCUT2D eigenvalue weighted by atomic mass is 15.3. The highest BCUT2D eigenvalue weighted by Crippen LogP contribution is 2.30. The maximum Gasteiger partial charge on any atom is 0.0729 e. The van der Waals surface area contributed by atoms with E-state index in [-0.39, 0.29) is 0 Å². The highest BCUT2D eigenvalue weighted by molar-refractivity contribution is 5.95. The van der Waals surface area contributed by atoms with Gasteiger partial charge in [0.1, 0.15) is 0 Å². The van der Waals surface area contributed by atoms with Crippen molar-refractivity contribution in [2.75, 3.05) is 26.0 Å². The van der Waals surface area contributed by atoms with Crippen molar-refractivity contribution in [3.05, 3.63) is 91.5 Å². The van der Waals surface area contributed by atoms with Crippen molar-refractivity contribution < 1.29 is 0 Å². The van der Waals surface area contributed by atoms with Gasteiger partial charge in [-0.3, -0.25) is 14.6 Å². The molecule has 3 aromatic heterocycles. The molecule has 0 amide bonds. The minimum Gasteiger partial charge on any atom is -0.355 e. The minimum absolute atomic E-state index is 0.865. The van der Waals surface area contributed by atoms with E-state index in [0.29, 0.717) is 0 Å². The monoisotopic (exact) mass is 434 g/mol. The molecule has 0 aliphatic carbocycles. The second-order valence-corrected chi connectivity index (χ2v) is 8.31. The van der Waals surface area contributed by atoms with Crippen LogP contribution in [0.15, 0.2) is 91.5 Å². The summed E-state index contributed by atoms with van der Waals surface area (Å²) in [6, 6.07) is 22.6. The van der Waals surface area contributed by atoms with E-state index >= 15 is 0 Å². The van der Waals surface area contributed by atoms with Crippen LogP contribution in [0.3, 0.4) is 0 Å². The Bertz CT molecular complexity index is 1370. The van der Waals surface area contributed by atoms with Gasteiger partial charge in [-0.15, -0.1) is 0 Å². The van der Waals surface area contributed by atoms with Gasteiger partial charge < -0.3 is 10.2 Å². The smallest absolute Gasteiger partial charge is 0.0729 e. The normalized spacial score (nSPS) is 11.2. The Morgan fingerprint density at radius 3 is 2.55 bits per heavy atom. The number of aromatic nitrogens is 4. The van der Waals surface area contributed by atoms with Crippen molar-refractivity contribution in [1.82, 2.24) is 24.6 Å². The van der Waals surface area contributed by atoms with Crippen LogP contribution in [0.5, 0.6) is 0 Å². The summed E-state index contributed by atoms with van der Waals surface area (Å²) in [6.45, 7) is 1.82. The summed E-state index contributed by atoms with van der Waals surface area (Å²) >= 11 is 0. The first kappa shape index (κ1) is 20.8. The topological polar surface area (TPSA) is 58.9 Å². The van der Waals surface area contributed by atoms with Gasteiger partial charge in [-0.05, 0) is 43.9 Å². The Kier molecular flexibility index (Phi) is 5.83. The van der Waals surface area contributed by atoms with Gasteiger partial charge in [0.15, 0.2) is 0 Å². The third kappa shape index (κ3) is 4.76. The number of hydrogen-bond donors (Lipinski definition) is 1. The molecule has 33 heavy (non-hydrogen) atoms. The van der Waals surface area contributed by atoms with Crippen molar-refractivity contribution >= 4 is 22.3 Å². The first-order chi connectivity index (χ1) is 16.2. The van der Waals surface area contributed by atoms with Crippen LogP contribution in [0.1, 0.15) is 0 Å².